The van der Waals surface area contributed by atoms with Gasteiger partial charge in [0, 0.05) is 24.9 Å². The van der Waals surface area contributed by atoms with Crippen LogP contribution in [0.5, 0.6) is 11.5 Å². The van der Waals surface area contributed by atoms with E-state index < -0.39 is 73.9 Å². The topological polar surface area (TPSA) is 189 Å². The van der Waals surface area contributed by atoms with Crippen molar-refractivity contribution in [3.05, 3.63) is 36.4 Å². The highest BCUT2D eigenvalue weighted by Crippen LogP contribution is 2.45. The van der Waals surface area contributed by atoms with Gasteiger partial charge >= 0.3 is 0 Å². The van der Waals surface area contributed by atoms with Crippen LogP contribution < -0.4 is 30.1 Å². The summed E-state index contributed by atoms with van der Waals surface area (Å²) in [6, 6.07) is 2.00. The molecule has 0 spiro atoms. The summed E-state index contributed by atoms with van der Waals surface area (Å²) in [5.41, 5.74) is -2.17. The Morgan fingerprint density at radius 2 is 1.69 bits per heavy atom. The lowest BCUT2D eigenvalue weighted by Crippen LogP contribution is -2.60. The number of methoxy groups -OCH3 is 2. The molecule has 0 bridgehead atoms. The highest BCUT2D eigenvalue weighted by molar-refractivity contribution is 7.91. The van der Waals surface area contributed by atoms with E-state index in [0.29, 0.717) is 19.3 Å². The zero-order chi connectivity index (χ0) is 35.9. The van der Waals surface area contributed by atoms with Gasteiger partial charge in [-0.3, -0.25) is 28.7 Å². The van der Waals surface area contributed by atoms with E-state index in [0.717, 1.165) is 12.8 Å². The minimum Gasteiger partial charge on any atom is -0.496 e. The number of hydrogen-bond acceptors (Lipinski definition) is 9. The van der Waals surface area contributed by atoms with E-state index in [9.17, 15) is 32.4 Å². The summed E-state index contributed by atoms with van der Waals surface area (Å²) in [5.74, 6) is -2.60. The van der Waals surface area contributed by atoms with Crippen LogP contribution in [0.3, 0.4) is 0 Å². The van der Waals surface area contributed by atoms with Gasteiger partial charge in [0.1, 0.15) is 34.7 Å². The Kier molecular flexibility index (Phi) is 10.1. The maximum Gasteiger partial charge on any atom is 0.259 e. The first kappa shape index (κ1) is 36.1. The van der Waals surface area contributed by atoms with E-state index in [1.54, 1.807) is 18.2 Å². The van der Waals surface area contributed by atoms with Gasteiger partial charge in [-0.25, -0.2) is 8.42 Å². The van der Waals surface area contributed by atoms with Crippen LogP contribution in [0.4, 0.5) is 0 Å². The Bertz CT molecular complexity index is 1610. The van der Waals surface area contributed by atoms with Crippen LogP contribution >= 0.6 is 0 Å². The molecule has 4 aliphatic rings. The van der Waals surface area contributed by atoms with Gasteiger partial charge in [-0.2, -0.15) is 0 Å². The third kappa shape index (κ3) is 7.86. The molecule has 0 radical (unpaired) electrons. The lowest BCUT2D eigenvalue weighted by Gasteiger charge is -2.35. The van der Waals surface area contributed by atoms with Crippen LogP contribution in [0.15, 0.2) is 30.9 Å². The first-order valence-electron chi connectivity index (χ1n) is 16.7. The minimum atomic E-state index is -3.90. The van der Waals surface area contributed by atoms with Crippen molar-refractivity contribution >= 4 is 39.6 Å². The zero-order valence-electron chi connectivity index (χ0n) is 28.7. The van der Waals surface area contributed by atoms with Gasteiger partial charge in [0.25, 0.3) is 11.8 Å². The molecule has 1 aliphatic heterocycles. The average molecular weight is 702 g/mol. The fourth-order valence-electron chi connectivity index (χ4n) is 6.40. The molecule has 0 aromatic heterocycles. The SMILES string of the molecule is C=CC1CC1(NC(=O)[C@@H]1C[C@@H](NC(=O)c2c(OC)cccc2OC)CN1C(=O)[C@@H](NC(=O)CC1CC1)C(C)(C)C)C(=O)NS(=O)(=O)C1CC1. The normalized spacial score (nSPS) is 25.4. The molecule has 4 fully saturated rings. The van der Waals surface area contributed by atoms with Gasteiger partial charge in [-0.05, 0) is 62.0 Å². The highest BCUT2D eigenvalue weighted by atomic mass is 32.2. The van der Waals surface area contributed by atoms with Crippen molar-refractivity contribution in [1.29, 1.82) is 0 Å². The smallest absolute Gasteiger partial charge is 0.259 e. The Balaban J connectivity index is 1.41. The molecule has 15 heteroatoms. The van der Waals surface area contributed by atoms with E-state index in [2.05, 4.69) is 27.3 Å². The summed E-state index contributed by atoms with van der Waals surface area (Å²) in [6.07, 6.45) is 4.70. The zero-order valence-corrected chi connectivity index (χ0v) is 29.5. The molecule has 1 saturated heterocycles. The molecule has 49 heavy (non-hydrogen) atoms. The lowest BCUT2D eigenvalue weighted by atomic mass is 9.85. The van der Waals surface area contributed by atoms with Crippen molar-refractivity contribution in [3.8, 4) is 11.5 Å². The van der Waals surface area contributed by atoms with Gasteiger partial charge in [-0.1, -0.05) is 32.9 Å². The van der Waals surface area contributed by atoms with E-state index >= 15 is 0 Å². The number of ether oxygens (including phenoxy) is 2. The van der Waals surface area contributed by atoms with Gasteiger partial charge in [0.15, 0.2) is 0 Å². The second kappa shape index (κ2) is 13.6. The summed E-state index contributed by atoms with van der Waals surface area (Å²) in [4.78, 5) is 69.7. The molecule has 1 aromatic rings. The monoisotopic (exact) mass is 701 g/mol. The molecular formula is C34H47N5O9S. The average Bonchev–Trinajstić information content (AvgIpc) is 3.93. The van der Waals surface area contributed by atoms with Crippen molar-refractivity contribution in [2.75, 3.05) is 20.8 Å². The molecule has 3 aliphatic carbocycles. The summed E-state index contributed by atoms with van der Waals surface area (Å²) < 4.78 is 38.2. The molecule has 5 atom stereocenters. The number of benzene rings is 1. The molecule has 268 valence electrons. The molecular weight excluding hydrogens is 654 g/mol. The van der Waals surface area contributed by atoms with Gasteiger partial charge in [-0.15, -0.1) is 6.58 Å². The number of amides is 5. The summed E-state index contributed by atoms with van der Waals surface area (Å²) in [7, 11) is -1.06. The molecule has 2 unspecified atom stereocenters. The van der Waals surface area contributed by atoms with Crippen LogP contribution in [-0.4, -0.2) is 92.5 Å². The lowest BCUT2D eigenvalue weighted by molar-refractivity contribution is -0.144. The number of nitrogens with zero attached hydrogens (tertiary/aromatic N) is 1. The summed E-state index contributed by atoms with van der Waals surface area (Å²) in [6.45, 7) is 9.09. The van der Waals surface area contributed by atoms with Crippen molar-refractivity contribution in [2.24, 2.45) is 17.3 Å². The van der Waals surface area contributed by atoms with Crippen LogP contribution in [0.25, 0.3) is 0 Å². The van der Waals surface area contributed by atoms with E-state index in [1.165, 1.54) is 25.2 Å². The number of rotatable bonds is 14. The third-order valence-corrected chi connectivity index (χ3v) is 11.5. The molecule has 4 N–H and O–H groups in total. The van der Waals surface area contributed by atoms with Crippen molar-refractivity contribution in [3.63, 3.8) is 0 Å². The summed E-state index contributed by atoms with van der Waals surface area (Å²) >= 11 is 0. The molecule has 1 aromatic carbocycles. The van der Waals surface area contributed by atoms with Gasteiger partial charge < -0.3 is 30.3 Å². The number of sulfonamides is 1. The van der Waals surface area contributed by atoms with Crippen LogP contribution in [0.2, 0.25) is 0 Å². The van der Waals surface area contributed by atoms with Crippen molar-refractivity contribution in [2.45, 2.75) is 94.6 Å². The van der Waals surface area contributed by atoms with Crippen LogP contribution in [0.1, 0.15) is 76.1 Å². The van der Waals surface area contributed by atoms with Crippen molar-refractivity contribution < 1.29 is 41.9 Å². The molecule has 1 heterocycles. The fraction of sp³-hybridized carbons (Fsp3) is 0.618. The Hall–Kier alpha value is -4.14. The van der Waals surface area contributed by atoms with E-state index in [1.807, 2.05) is 20.8 Å². The molecule has 5 rings (SSSR count). The minimum absolute atomic E-state index is 0.0233. The van der Waals surface area contributed by atoms with E-state index in [4.69, 9.17) is 9.47 Å². The quantitative estimate of drug-likeness (QED) is 0.208. The maximum absolute atomic E-state index is 14.4. The molecule has 3 saturated carbocycles. The summed E-state index contributed by atoms with van der Waals surface area (Å²) in [5, 5.41) is 7.89. The number of likely N-dealkylation sites (tertiary alicyclic amines) is 1. The van der Waals surface area contributed by atoms with Gasteiger partial charge in [0.2, 0.25) is 27.7 Å². The Morgan fingerprint density at radius 1 is 1.06 bits per heavy atom. The van der Waals surface area contributed by atoms with Crippen molar-refractivity contribution in [1.82, 2.24) is 25.6 Å². The second-order valence-corrected chi connectivity index (χ2v) is 16.6. The molecule has 14 nitrogen and oxygen atoms in total. The Labute approximate surface area is 287 Å². The van der Waals surface area contributed by atoms with Crippen LogP contribution in [-0.2, 0) is 29.2 Å². The number of carbonyl (C=O) groups excluding carboxylic acids is 5. The first-order valence-corrected chi connectivity index (χ1v) is 18.2. The van der Waals surface area contributed by atoms with Crippen LogP contribution in [0, 0.1) is 17.3 Å². The predicted octanol–water partition coefficient (Wildman–Crippen LogP) is 1.40. The van der Waals surface area contributed by atoms with Gasteiger partial charge in [0.05, 0.1) is 19.5 Å². The fourth-order valence-corrected chi connectivity index (χ4v) is 7.77. The van der Waals surface area contributed by atoms with E-state index in [-0.39, 0.29) is 48.3 Å². The Morgan fingerprint density at radius 3 is 2.20 bits per heavy atom. The molecule has 5 amide bonds. The third-order valence-electron chi connectivity index (χ3n) is 9.72. The number of nitrogens with one attached hydrogen (secondary N) is 4. The largest absolute Gasteiger partial charge is 0.496 e. The standard InChI is InChI=1S/C34H47N5O9S/c1-7-20-17-34(20,32(44)38-49(45,46)22-13-14-22)37-29(41)23-16-21(35-30(42)27-24(47-5)9-8-10-25(27)48-6)18-39(23)31(43)28(33(2,3)4)36-26(40)15-19-11-12-19/h7-10,19-23,28H,1,11-18H2,2-6H3,(H,35,42)(H,36,40)(H,37,41)(H,38,44)/t20?,21-,23+,28-,34?/m1/s1. The second-order valence-electron chi connectivity index (χ2n) is 14.6. The first-order chi connectivity index (χ1) is 23.0. The maximum atomic E-state index is 14.4. The number of carbonyl (C=O) groups is 5. The number of hydrogen-bond donors (Lipinski definition) is 4. The predicted molar refractivity (Wildman–Crippen MR) is 179 cm³/mol. The highest BCUT2D eigenvalue weighted by Gasteiger charge is 2.62.